The lowest BCUT2D eigenvalue weighted by Crippen LogP contribution is -1.98. The molecule has 0 spiro atoms. The van der Waals surface area contributed by atoms with Crippen molar-refractivity contribution in [1.29, 1.82) is 0 Å². The van der Waals surface area contributed by atoms with Crippen LogP contribution in [0.2, 0.25) is 0 Å². The van der Waals surface area contributed by atoms with E-state index in [0.717, 1.165) is 0 Å². The Balaban J connectivity index is 2.52. The van der Waals surface area contributed by atoms with Crippen molar-refractivity contribution in [2.24, 2.45) is 7.05 Å². The lowest BCUT2D eigenvalue weighted by atomic mass is 10.0. The summed E-state index contributed by atoms with van der Waals surface area (Å²) < 4.78 is 2.10. The molecule has 1 unspecified atom stereocenters. The quantitative estimate of drug-likeness (QED) is 0.770. The average molecular weight is 189 g/mol. The zero-order chi connectivity index (χ0) is 10.1. The molecule has 2 aromatic rings. The molecule has 0 bridgehead atoms. The van der Waals surface area contributed by atoms with E-state index in [2.05, 4.69) is 35.0 Å². The number of rotatable bonds is 2. The first-order valence-electron chi connectivity index (χ1n) is 4.88. The highest BCUT2D eigenvalue weighted by molar-refractivity contribution is 5.80. The summed E-state index contributed by atoms with van der Waals surface area (Å²) in [6, 6.07) is 8.44. The molecule has 2 rings (SSSR count). The Morgan fingerprint density at radius 3 is 2.86 bits per heavy atom. The minimum absolute atomic E-state index is 0.207. The van der Waals surface area contributed by atoms with Gasteiger partial charge in [-0.25, -0.2) is 0 Å². The minimum atomic E-state index is 0.207. The third-order valence-corrected chi connectivity index (χ3v) is 2.75. The molecule has 0 aliphatic carbocycles. The van der Waals surface area contributed by atoms with Crippen LogP contribution in [0.5, 0.6) is 0 Å². The molecule has 0 aliphatic heterocycles. The van der Waals surface area contributed by atoms with Crippen molar-refractivity contribution in [1.82, 2.24) is 4.57 Å². The normalized spacial score (nSPS) is 13.4. The summed E-state index contributed by atoms with van der Waals surface area (Å²) in [6.07, 6.45) is 2.05. The van der Waals surface area contributed by atoms with Gasteiger partial charge in [0, 0.05) is 31.3 Å². The van der Waals surface area contributed by atoms with Gasteiger partial charge >= 0.3 is 0 Å². The van der Waals surface area contributed by atoms with Crippen molar-refractivity contribution in [3.63, 3.8) is 0 Å². The van der Waals surface area contributed by atoms with Crippen molar-refractivity contribution in [2.45, 2.75) is 12.8 Å². The SMILES string of the molecule is CC(CO)c1ccc2c(ccn2C)c1. The maximum Gasteiger partial charge on any atom is 0.0497 e. The van der Waals surface area contributed by atoms with Gasteiger partial charge in [0.2, 0.25) is 0 Å². The monoisotopic (exact) mass is 189 g/mol. The van der Waals surface area contributed by atoms with Crippen LogP contribution in [0.3, 0.4) is 0 Å². The number of aliphatic hydroxyl groups excluding tert-OH is 1. The Hall–Kier alpha value is -1.28. The summed E-state index contributed by atoms with van der Waals surface area (Å²) in [4.78, 5) is 0. The number of nitrogens with zero attached hydrogens (tertiary/aromatic N) is 1. The van der Waals surface area contributed by atoms with Crippen LogP contribution in [0.4, 0.5) is 0 Å². The van der Waals surface area contributed by atoms with Crippen molar-refractivity contribution in [2.75, 3.05) is 6.61 Å². The van der Waals surface area contributed by atoms with Gasteiger partial charge in [-0.1, -0.05) is 13.0 Å². The van der Waals surface area contributed by atoms with E-state index in [4.69, 9.17) is 5.11 Å². The van der Waals surface area contributed by atoms with Crippen molar-refractivity contribution >= 4 is 10.9 Å². The van der Waals surface area contributed by atoms with Crippen molar-refractivity contribution < 1.29 is 5.11 Å². The van der Waals surface area contributed by atoms with E-state index in [1.807, 2.05) is 14.0 Å². The Bertz CT molecular complexity index is 445. The Labute approximate surface area is 83.8 Å². The molecule has 1 aromatic carbocycles. The molecular formula is C12H15NO. The molecule has 0 aliphatic rings. The first kappa shape index (κ1) is 9.28. The van der Waals surface area contributed by atoms with Gasteiger partial charge in [0.1, 0.15) is 0 Å². The lowest BCUT2D eigenvalue weighted by molar-refractivity contribution is 0.273. The van der Waals surface area contributed by atoms with Gasteiger partial charge < -0.3 is 9.67 Å². The summed E-state index contributed by atoms with van der Waals surface area (Å²) in [5.74, 6) is 0.222. The Morgan fingerprint density at radius 1 is 1.36 bits per heavy atom. The van der Waals surface area contributed by atoms with Crippen LogP contribution in [0, 0.1) is 0 Å². The van der Waals surface area contributed by atoms with E-state index >= 15 is 0 Å². The van der Waals surface area contributed by atoms with Crippen LogP contribution in [0.15, 0.2) is 30.5 Å². The second-order valence-corrected chi connectivity index (χ2v) is 3.83. The highest BCUT2D eigenvalue weighted by Crippen LogP contribution is 2.21. The molecule has 0 fully saturated rings. The molecule has 2 nitrogen and oxygen atoms in total. The second kappa shape index (κ2) is 3.46. The first-order chi connectivity index (χ1) is 6.72. The van der Waals surface area contributed by atoms with Crippen LogP contribution in [0.25, 0.3) is 10.9 Å². The summed E-state index contributed by atoms with van der Waals surface area (Å²) in [5, 5.41) is 10.3. The average Bonchev–Trinajstić information content (AvgIpc) is 2.59. The Morgan fingerprint density at radius 2 is 2.14 bits per heavy atom. The van der Waals surface area contributed by atoms with E-state index in [1.54, 1.807) is 0 Å². The highest BCUT2D eigenvalue weighted by Gasteiger charge is 2.05. The standard InChI is InChI=1S/C12H15NO/c1-9(8-14)10-3-4-12-11(7-10)5-6-13(12)2/h3-7,9,14H,8H2,1-2H3. The summed E-state index contributed by atoms with van der Waals surface area (Å²) >= 11 is 0. The van der Waals surface area contributed by atoms with Crippen LogP contribution in [-0.2, 0) is 7.05 Å². The zero-order valence-corrected chi connectivity index (χ0v) is 8.57. The molecule has 0 saturated heterocycles. The molecule has 1 aromatic heterocycles. The molecular weight excluding hydrogens is 174 g/mol. The molecule has 1 atom stereocenters. The molecule has 14 heavy (non-hydrogen) atoms. The summed E-state index contributed by atoms with van der Waals surface area (Å²) in [7, 11) is 2.04. The first-order valence-corrected chi connectivity index (χ1v) is 4.88. The summed E-state index contributed by atoms with van der Waals surface area (Å²) in [6.45, 7) is 2.24. The van der Waals surface area contributed by atoms with Crippen molar-refractivity contribution in [3.05, 3.63) is 36.0 Å². The topological polar surface area (TPSA) is 25.2 Å². The number of hydrogen-bond donors (Lipinski definition) is 1. The van der Waals surface area contributed by atoms with E-state index in [0.29, 0.717) is 0 Å². The molecule has 0 saturated carbocycles. The maximum atomic E-state index is 9.06. The maximum absolute atomic E-state index is 9.06. The van der Waals surface area contributed by atoms with E-state index < -0.39 is 0 Å². The molecule has 0 amide bonds. The highest BCUT2D eigenvalue weighted by atomic mass is 16.3. The third kappa shape index (κ3) is 1.42. The van der Waals surface area contributed by atoms with Crippen molar-refractivity contribution in [3.8, 4) is 0 Å². The number of aryl methyl sites for hydroxylation is 1. The third-order valence-electron chi connectivity index (χ3n) is 2.75. The fourth-order valence-corrected chi connectivity index (χ4v) is 1.71. The largest absolute Gasteiger partial charge is 0.396 e. The van der Waals surface area contributed by atoms with Gasteiger partial charge in [0.25, 0.3) is 0 Å². The van der Waals surface area contributed by atoms with Gasteiger partial charge in [-0.2, -0.15) is 0 Å². The van der Waals surface area contributed by atoms with Gasteiger partial charge in [-0.15, -0.1) is 0 Å². The molecule has 74 valence electrons. The predicted molar refractivity (Wildman–Crippen MR) is 58.4 cm³/mol. The van der Waals surface area contributed by atoms with Crippen LogP contribution >= 0.6 is 0 Å². The lowest BCUT2D eigenvalue weighted by Gasteiger charge is -2.08. The van der Waals surface area contributed by atoms with Crippen LogP contribution in [-0.4, -0.2) is 16.3 Å². The minimum Gasteiger partial charge on any atom is -0.396 e. The van der Waals surface area contributed by atoms with Gasteiger partial charge in [-0.05, 0) is 29.1 Å². The number of hydrogen-bond acceptors (Lipinski definition) is 1. The molecule has 0 radical (unpaired) electrons. The molecule has 2 heteroatoms. The number of aliphatic hydroxyl groups is 1. The zero-order valence-electron chi connectivity index (χ0n) is 8.57. The van der Waals surface area contributed by atoms with Crippen LogP contribution < -0.4 is 0 Å². The Kier molecular flexibility index (Phi) is 2.30. The number of fused-ring (bicyclic) bond motifs is 1. The van der Waals surface area contributed by atoms with Gasteiger partial charge in [-0.3, -0.25) is 0 Å². The predicted octanol–water partition coefficient (Wildman–Crippen LogP) is 2.27. The number of aromatic nitrogens is 1. The summed E-state index contributed by atoms with van der Waals surface area (Å²) in [5.41, 5.74) is 2.44. The van der Waals surface area contributed by atoms with Crippen LogP contribution in [0.1, 0.15) is 18.4 Å². The molecule has 1 heterocycles. The van der Waals surface area contributed by atoms with Gasteiger partial charge in [0.05, 0.1) is 0 Å². The number of benzene rings is 1. The fraction of sp³-hybridized carbons (Fsp3) is 0.333. The van der Waals surface area contributed by atoms with E-state index in [-0.39, 0.29) is 12.5 Å². The smallest absolute Gasteiger partial charge is 0.0497 e. The fourth-order valence-electron chi connectivity index (χ4n) is 1.71. The molecule has 1 N–H and O–H groups in total. The van der Waals surface area contributed by atoms with E-state index in [9.17, 15) is 0 Å². The van der Waals surface area contributed by atoms with E-state index in [1.165, 1.54) is 16.5 Å². The second-order valence-electron chi connectivity index (χ2n) is 3.83. The van der Waals surface area contributed by atoms with Gasteiger partial charge in [0.15, 0.2) is 0 Å².